The van der Waals surface area contributed by atoms with Crippen LogP contribution < -0.4 is 9.64 Å². The first kappa shape index (κ1) is 13.5. The highest BCUT2D eigenvalue weighted by Gasteiger charge is 2.28. The van der Waals surface area contributed by atoms with E-state index in [1.54, 1.807) is 4.90 Å². The van der Waals surface area contributed by atoms with Crippen molar-refractivity contribution in [3.05, 3.63) is 60.2 Å². The fourth-order valence-electron chi connectivity index (χ4n) is 2.36. The van der Waals surface area contributed by atoms with Crippen LogP contribution in [0.5, 0.6) is 5.75 Å². The molecule has 0 fully saturated rings. The summed E-state index contributed by atoms with van der Waals surface area (Å²) in [5, 5.41) is 0. The lowest BCUT2D eigenvalue weighted by Gasteiger charge is -2.32. The third kappa shape index (κ3) is 2.99. The second-order valence-corrected chi connectivity index (χ2v) is 5.05. The van der Waals surface area contributed by atoms with E-state index in [-0.39, 0.29) is 18.8 Å². The standard InChI is InChI=1S/C17H17NO3/c1-13-11-18(15-9-5-6-10-16(15)21-13)17(19)20-12-14-7-3-2-4-8-14/h2-10,13H,11-12H2,1H3. The average molecular weight is 283 g/mol. The number of para-hydroxylation sites is 2. The van der Waals surface area contributed by atoms with Crippen LogP contribution in [0.3, 0.4) is 0 Å². The summed E-state index contributed by atoms with van der Waals surface area (Å²) in [5.41, 5.74) is 1.73. The van der Waals surface area contributed by atoms with Crippen LogP contribution in [-0.2, 0) is 11.3 Å². The number of benzene rings is 2. The second-order valence-electron chi connectivity index (χ2n) is 5.05. The van der Waals surface area contributed by atoms with Gasteiger partial charge in [-0.3, -0.25) is 4.90 Å². The minimum Gasteiger partial charge on any atom is -0.487 e. The summed E-state index contributed by atoms with van der Waals surface area (Å²) in [4.78, 5) is 14.0. The Balaban J connectivity index is 1.73. The first-order chi connectivity index (χ1) is 10.2. The Morgan fingerprint density at radius 1 is 1.19 bits per heavy atom. The van der Waals surface area contributed by atoms with Gasteiger partial charge in [0.05, 0.1) is 12.2 Å². The molecule has 1 amide bonds. The summed E-state index contributed by atoms with van der Waals surface area (Å²) in [6, 6.07) is 17.2. The molecular weight excluding hydrogens is 266 g/mol. The summed E-state index contributed by atoms with van der Waals surface area (Å²) >= 11 is 0. The summed E-state index contributed by atoms with van der Waals surface area (Å²) in [6.45, 7) is 2.70. The molecule has 0 saturated carbocycles. The minimum atomic E-state index is -0.346. The van der Waals surface area contributed by atoms with Crippen LogP contribution in [0.25, 0.3) is 0 Å². The Morgan fingerprint density at radius 3 is 2.71 bits per heavy atom. The summed E-state index contributed by atoms with van der Waals surface area (Å²) < 4.78 is 11.1. The van der Waals surface area contributed by atoms with E-state index < -0.39 is 0 Å². The molecule has 0 radical (unpaired) electrons. The van der Waals surface area contributed by atoms with Crippen LogP contribution in [0.15, 0.2) is 54.6 Å². The van der Waals surface area contributed by atoms with Gasteiger partial charge in [-0.05, 0) is 24.6 Å². The zero-order chi connectivity index (χ0) is 14.7. The number of carbonyl (C=O) groups is 1. The van der Waals surface area contributed by atoms with Gasteiger partial charge in [0.1, 0.15) is 18.5 Å². The van der Waals surface area contributed by atoms with E-state index in [2.05, 4.69) is 0 Å². The fraction of sp³-hybridized carbons (Fsp3) is 0.235. The van der Waals surface area contributed by atoms with Gasteiger partial charge in [-0.15, -0.1) is 0 Å². The normalized spacial score (nSPS) is 16.8. The maximum Gasteiger partial charge on any atom is 0.414 e. The molecule has 2 aromatic rings. The molecule has 0 spiro atoms. The van der Waals surface area contributed by atoms with Crippen LogP contribution in [0, 0.1) is 0 Å². The van der Waals surface area contributed by atoms with Crippen molar-refractivity contribution in [2.75, 3.05) is 11.4 Å². The van der Waals surface area contributed by atoms with Gasteiger partial charge in [0.25, 0.3) is 0 Å². The van der Waals surface area contributed by atoms with Crippen LogP contribution in [-0.4, -0.2) is 18.7 Å². The van der Waals surface area contributed by atoms with Crippen molar-refractivity contribution in [3.63, 3.8) is 0 Å². The second kappa shape index (κ2) is 5.87. The lowest BCUT2D eigenvalue weighted by molar-refractivity contribution is 0.138. The molecule has 0 N–H and O–H groups in total. The number of anilines is 1. The van der Waals surface area contributed by atoms with Gasteiger partial charge in [-0.1, -0.05) is 42.5 Å². The van der Waals surface area contributed by atoms with Crippen molar-refractivity contribution in [1.29, 1.82) is 0 Å². The number of fused-ring (bicyclic) bond motifs is 1. The molecule has 2 aromatic carbocycles. The molecule has 1 aliphatic rings. The molecule has 4 heteroatoms. The van der Waals surface area contributed by atoms with Gasteiger partial charge in [0.15, 0.2) is 0 Å². The number of amides is 1. The molecule has 1 unspecified atom stereocenters. The molecule has 108 valence electrons. The Bertz CT molecular complexity index is 627. The van der Waals surface area contributed by atoms with E-state index in [0.29, 0.717) is 12.3 Å². The van der Waals surface area contributed by atoms with E-state index >= 15 is 0 Å². The molecule has 0 aliphatic carbocycles. The number of ether oxygens (including phenoxy) is 2. The van der Waals surface area contributed by atoms with Crippen molar-refractivity contribution < 1.29 is 14.3 Å². The predicted molar refractivity (Wildman–Crippen MR) is 80.5 cm³/mol. The predicted octanol–water partition coefficient (Wildman–Crippen LogP) is 3.61. The Labute approximate surface area is 123 Å². The van der Waals surface area contributed by atoms with E-state index in [0.717, 1.165) is 11.3 Å². The van der Waals surface area contributed by atoms with Gasteiger partial charge >= 0.3 is 6.09 Å². The molecule has 1 atom stereocenters. The average Bonchev–Trinajstić information content (AvgIpc) is 2.52. The van der Waals surface area contributed by atoms with Gasteiger partial charge < -0.3 is 9.47 Å². The van der Waals surface area contributed by atoms with Gasteiger partial charge in [0, 0.05) is 0 Å². The molecule has 0 aromatic heterocycles. The number of hydrogen-bond donors (Lipinski definition) is 0. The van der Waals surface area contributed by atoms with E-state index in [1.807, 2.05) is 61.5 Å². The first-order valence-electron chi connectivity index (χ1n) is 6.98. The van der Waals surface area contributed by atoms with Crippen molar-refractivity contribution in [2.24, 2.45) is 0 Å². The number of rotatable bonds is 2. The minimum absolute atomic E-state index is 0.0517. The van der Waals surface area contributed by atoms with Crippen LogP contribution in [0.2, 0.25) is 0 Å². The van der Waals surface area contributed by atoms with Crippen molar-refractivity contribution >= 4 is 11.8 Å². The lowest BCUT2D eigenvalue weighted by atomic mass is 10.2. The van der Waals surface area contributed by atoms with E-state index in [1.165, 1.54) is 0 Å². The maximum atomic E-state index is 12.3. The third-order valence-electron chi connectivity index (χ3n) is 3.35. The van der Waals surface area contributed by atoms with E-state index in [4.69, 9.17) is 9.47 Å². The number of hydrogen-bond acceptors (Lipinski definition) is 3. The molecule has 0 bridgehead atoms. The Kier molecular flexibility index (Phi) is 3.77. The molecule has 1 aliphatic heterocycles. The largest absolute Gasteiger partial charge is 0.487 e. The lowest BCUT2D eigenvalue weighted by Crippen LogP contribution is -2.42. The van der Waals surface area contributed by atoms with E-state index in [9.17, 15) is 4.79 Å². The van der Waals surface area contributed by atoms with Gasteiger partial charge in [-0.2, -0.15) is 0 Å². The van der Waals surface area contributed by atoms with Crippen molar-refractivity contribution in [3.8, 4) is 5.75 Å². The quantitative estimate of drug-likeness (QED) is 0.845. The van der Waals surface area contributed by atoms with Gasteiger partial charge in [0.2, 0.25) is 0 Å². The summed E-state index contributed by atoms with van der Waals surface area (Å²) in [7, 11) is 0. The molecule has 4 nitrogen and oxygen atoms in total. The molecule has 3 rings (SSSR count). The first-order valence-corrected chi connectivity index (χ1v) is 6.98. The van der Waals surface area contributed by atoms with Gasteiger partial charge in [-0.25, -0.2) is 4.79 Å². The topological polar surface area (TPSA) is 38.8 Å². The molecule has 1 heterocycles. The monoisotopic (exact) mass is 283 g/mol. The summed E-state index contributed by atoms with van der Waals surface area (Å²) in [5.74, 6) is 0.716. The maximum absolute atomic E-state index is 12.3. The third-order valence-corrected chi connectivity index (χ3v) is 3.35. The smallest absolute Gasteiger partial charge is 0.414 e. The molecule has 21 heavy (non-hydrogen) atoms. The fourth-order valence-corrected chi connectivity index (χ4v) is 2.36. The highest BCUT2D eigenvalue weighted by molar-refractivity contribution is 5.90. The number of nitrogens with zero attached hydrogens (tertiary/aromatic N) is 1. The van der Waals surface area contributed by atoms with Crippen molar-refractivity contribution in [2.45, 2.75) is 19.6 Å². The highest BCUT2D eigenvalue weighted by atomic mass is 16.6. The summed E-state index contributed by atoms with van der Waals surface area (Å²) in [6.07, 6.45) is -0.398. The van der Waals surface area contributed by atoms with Crippen LogP contribution in [0.1, 0.15) is 12.5 Å². The molecular formula is C17H17NO3. The zero-order valence-corrected chi connectivity index (χ0v) is 11.9. The zero-order valence-electron chi connectivity index (χ0n) is 11.9. The molecule has 0 saturated heterocycles. The SMILES string of the molecule is CC1CN(C(=O)OCc2ccccc2)c2ccccc2O1. The van der Waals surface area contributed by atoms with Crippen LogP contribution >= 0.6 is 0 Å². The number of carbonyl (C=O) groups excluding carboxylic acids is 1. The Morgan fingerprint density at radius 2 is 1.90 bits per heavy atom. The Hall–Kier alpha value is -2.49. The highest BCUT2D eigenvalue weighted by Crippen LogP contribution is 2.33. The van der Waals surface area contributed by atoms with Crippen molar-refractivity contribution in [1.82, 2.24) is 0 Å². The van der Waals surface area contributed by atoms with Crippen LogP contribution in [0.4, 0.5) is 10.5 Å².